The van der Waals surface area contributed by atoms with Gasteiger partial charge in [0.2, 0.25) is 5.91 Å². The Balaban J connectivity index is 1.42. The van der Waals surface area contributed by atoms with E-state index < -0.39 is 35.5 Å². The summed E-state index contributed by atoms with van der Waals surface area (Å²) in [5, 5.41) is 15.2. The maximum atomic E-state index is 13.2. The second kappa shape index (κ2) is 10.1. The number of carbonyl (C=O) groups is 3. The van der Waals surface area contributed by atoms with Crippen molar-refractivity contribution in [1.82, 2.24) is 10.6 Å². The van der Waals surface area contributed by atoms with E-state index in [1.165, 1.54) is 0 Å². The van der Waals surface area contributed by atoms with Crippen molar-refractivity contribution in [1.29, 1.82) is 0 Å². The maximum Gasteiger partial charge on any atom is 0.407 e. The van der Waals surface area contributed by atoms with Crippen LogP contribution in [0.4, 0.5) is 4.79 Å². The summed E-state index contributed by atoms with van der Waals surface area (Å²) in [6.07, 6.45) is 2.20. The fourth-order valence-electron chi connectivity index (χ4n) is 5.30. The molecule has 0 aromatic heterocycles. The molecule has 3 N–H and O–H groups in total. The number of hydrogen-bond acceptors (Lipinski definition) is 4. The van der Waals surface area contributed by atoms with Crippen LogP contribution in [0.15, 0.2) is 48.5 Å². The molecular formula is C28H34N2O5. The van der Waals surface area contributed by atoms with E-state index in [1.54, 1.807) is 0 Å². The number of amides is 2. The van der Waals surface area contributed by atoms with E-state index in [4.69, 9.17) is 4.74 Å². The first-order valence-corrected chi connectivity index (χ1v) is 12.3. The van der Waals surface area contributed by atoms with Crippen LogP contribution in [0.3, 0.4) is 0 Å². The maximum absolute atomic E-state index is 13.2. The Hall–Kier alpha value is -3.35. The Bertz CT molecular complexity index is 1060. The van der Waals surface area contributed by atoms with Crippen LogP contribution in [0.5, 0.6) is 0 Å². The number of carbonyl (C=O) groups excluding carboxylic acids is 2. The summed E-state index contributed by atoms with van der Waals surface area (Å²) in [7, 11) is 0. The SMILES string of the molecule is CC(C)(C)[C@@H](NC(=O)OCC1c2ccccc2-c2ccccc21)C(=O)N[C@@H]1CCCC[C@@H]1C(=O)O. The molecule has 1 saturated carbocycles. The molecule has 1 fully saturated rings. The van der Waals surface area contributed by atoms with Gasteiger partial charge in [0.05, 0.1) is 5.92 Å². The van der Waals surface area contributed by atoms with E-state index in [0.717, 1.165) is 35.1 Å². The lowest BCUT2D eigenvalue weighted by atomic mass is 9.82. The Morgan fingerprint density at radius 3 is 2.11 bits per heavy atom. The number of rotatable bonds is 6. The molecule has 2 aromatic carbocycles. The number of fused-ring (bicyclic) bond motifs is 3. The molecule has 0 spiro atoms. The highest BCUT2D eigenvalue weighted by Crippen LogP contribution is 2.44. The van der Waals surface area contributed by atoms with E-state index in [-0.39, 0.29) is 18.4 Å². The number of alkyl carbamates (subject to hydrolysis) is 1. The molecule has 0 heterocycles. The number of carboxylic acids is 1. The molecule has 186 valence electrons. The molecule has 35 heavy (non-hydrogen) atoms. The number of hydrogen-bond donors (Lipinski definition) is 3. The predicted molar refractivity (Wildman–Crippen MR) is 133 cm³/mol. The van der Waals surface area contributed by atoms with Crippen LogP contribution in [0.1, 0.15) is 63.5 Å². The third kappa shape index (κ3) is 5.34. The fraction of sp³-hybridized carbons (Fsp3) is 0.464. The largest absolute Gasteiger partial charge is 0.481 e. The highest BCUT2D eigenvalue weighted by atomic mass is 16.5. The minimum absolute atomic E-state index is 0.0753. The van der Waals surface area contributed by atoms with Gasteiger partial charge in [-0.25, -0.2) is 4.79 Å². The summed E-state index contributed by atoms with van der Waals surface area (Å²) in [6, 6.07) is 14.9. The first kappa shape index (κ1) is 24.8. The zero-order chi connectivity index (χ0) is 25.2. The van der Waals surface area contributed by atoms with E-state index in [9.17, 15) is 19.5 Å². The third-order valence-electron chi connectivity index (χ3n) is 7.14. The monoisotopic (exact) mass is 478 g/mol. The third-order valence-corrected chi connectivity index (χ3v) is 7.14. The molecule has 7 heteroatoms. The van der Waals surface area contributed by atoms with Crippen LogP contribution in [-0.4, -0.2) is 41.8 Å². The average Bonchev–Trinajstić information content (AvgIpc) is 3.14. The van der Waals surface area contributed by atoms with Crippen molar-refractivity contribution in [3.05, 3.63) is 59.7 Å². The van der Waals surface area contributed by atoms with Gasteiger partial charge in [-0.15, -0.1) is 0 Å². The Morgan fingerprint density at radius 1 is 0.971 bits per heavy atom. The molecule has 0 saturated heterocycles. The smallest absolute Gasteiger partial charge is 0.407 e. The minimum Gasteiger partial charge on any atom is -0.481 e. The summed E-state index contributed by atoms with van der Waals surface area (Å²) < 4.78 is 5.64. The van der Waals surface area contributed by atoms with Gasteiger partial charge in [0.15, 0.2) is 0 Å². The first-order chi connectivity index (χ1) is 16.7. The molecule has 2 amide bonds. The van der Waals surface area contributed by atoms with Crippen LogP contribution in [-0.2, 0) is 14.3 Å². The average molecular weight is 479 g/mol. The summed E-state index contributed by atoms with van der Waals surface area (Å²) in [5.41, 5.74) is 3.92. The van der Waals surface area contributed by atoms with Crippen molar-refractivity contribution >= 4 is 18.0 Å². The minimum atomic E-state index is -0.896. The van der Waals surface area contributed by atoms with Crippen LogP contribution in [0.25, 0.3) is 11.1 Å². The van der Waals surface area contributed by atoms with Crippen LogP contribution < -0.4 is 10.6 Å². The quantitative estimate of drug-likeness (QED) is 0.558. The van der Waals surface area contributed by atoms with Crippen molar-refractivity contribution < 1.29 is 24.2 Å². The second-order valence-corrected chi connectivity index (χ2v) is 10.6. The van der Waals surface area contributed by atoms with Gasteiger partial charge in [-0.2, -0.15) is 0 Å². The molecule has 2 aliphatic carbocycles. The van der Waals surface area contributed by atoms with Gasteiger partial charge >= 0.3 is 12.1 Å². The molecule has 2 aliphatic rings. The highest BCUT2D eigenvalue weighted by molar-refractivity contribution is 5.87. The first-order valence-electron chi connectivity index (χ1n) is 12.3. The van der Waals surface area contributed by atoms with Crippen LogP contribution in [0.2, 0.25) is 0 Å². The molecular weight excluding hydrogens is 444 g/mol. The lowest BCUT2D eigenvalue weighted by molar-refractivity contribution is -0.144. The molecule has 0 radical (unpaired) electrons. The molecule has 7 nitrogen and oxygen atoms in total. The normalized spacial score (nSPS) is 20.3. The van der Waals surface area contributed by atoms with E-state index >= 15 is 0 Å². The zero-order valence-corrected chi connectivity index (χ0v) is 20.5. The number of nitrogens with one attached hydrogen (secondary N) is 2. The van der Waals surface area contributed by atoms with E-state index in [0.29, 0.717) is 12.8 Å². The molecule has 4 rings (SSSR count). The Labute approximate surface area is 206 Å². The summed E-state index contributed by atoms with van der Waals surface area (Å²) in [5.74, 6) is -1.97. The van der Waals surface area contributed by atoms with Gasteiger partial charge in [0.1, 0.15) is 12.6 Å². The summed E-state index contributed by atoms with van der Waals surface area (Å²) in [6.45, 7) is 5.73. The van der Waals surface area contributed by atoms with Crippen LogP contribution in [0, 0.1) is 11.3 Å². The van der Waals surface area contributed by atoms with Crippen molar-refractivity contribution in [3.63, 3.8) is 0 Å². The Kier molecular flexibility index (Phi) is 7.15. The number of carboxylic acid groups (broad SMARTS) is 1. The molecule has 3 atom stereocenters. The molecule has 0 unspecified atom stereocenters. The van der Waals surface area contributed by atoms with Gasteiger partial charge in [0, 0.05) is 12.0 Å². The fourth-order valence-corrected chi connectivity index (χ4v) is 5.30. The van der Waals surface area contributed by atoms with Crippen molar-refractivity contribution in [2.75, 3.05) is 6.61 Å². The lowest BCUT2D eigenvalue weighted by Crippen LogP contribution is -2.57. The Morgan fingerprint density at radius 2 is 1.54 bits per heavy atom. The number of ether oxygens (including phenoxy) is 1. The van der Waals surface area contributed by atoms with Gasteiger partial charge in [0.25, 0.3) is 0 Å². The number of aliphatic carboxylic acids is 1. The van der Waals surface area contributed by atoms with Gasteiger partial charge < -0.3 is 20.5 Å². The highest BCUT2D eigenvalue weighted by Gasteiger charge is 2.38. The standard InChI is InChI=1S/C28H34N2O5/c1-28(2,3)24(25(31)29-23-15-9-8-14-21(23)26(32)33)30-27(34)35-16-22-19-12-6-4-10-17(19)18-11-5-7-13-20(18)22/h4-7,10-13,21-24H,8-9,14-16H2,1-3H3,(H,29,31)(H,30,34)(H,32,33)/t21-,23+,24-/m0/s1. The summed E-state index contributed by atoms with van der Waals surface area (Å²) >= 11 is 0. The zero-order valence-electron chi connectivity index (χ0n) is 20.5. The van der Waals surface area contributed by atoms with Crippen molar-refractivity contribution in [2.45, 2.75) is 64.5 Å². The van der Waals surface area contributed by atoms with Gasteiger partial charge in [-0.1, -0.05) is 82.1 Å². The lowest BCUT2D eigenvalue weighted by Gasteiger charge is -2.34. The van der Waals surface area contributed by atoms with E-state index in [2.05, 4.69) is 34.9 Å². The van der Waals surface area contributed by atoms with Crippen molar-refractivity contribution in [3.8, 4) is 11.1 Å². The molecule has 2 aromatic rings. The topological polar surface area (TPSA) is 105 Å². The second-order valence-electron chi connectivity index (χ2n) is 10.6. The summed E-state index contributed by atoms with van der Waals surface area (Å²) in [4.78, 5) is 37.7. The number of benzene rings is 2. The van der Waals surface area contributed by atoms with E-state index in [1.807, 2.05) is 45.0 Å². The van der Waals surface area contributed by atoms with Gasteiger partial charge in [-0.3, -0.25) is 9.59 Å². The van der Waals surface area contributed by atoms with Crippen LogP contribution >= 0.6 is 0 Å². The van der Waals surface area contributed by atoms with Gasteiger partial charge in [-0.05, 0) is 40.5 Å². The van der Waals surface area contributed by atoms with Crippen molar-refractivity contribution in [2.24, 2.45) is 11.3 Å². The molecule has 0 aliphatic heterocycles. The predicted octanol–water partition coefficient (Wildman–Crippen LogP) is 4.70. The molecule has 0 bridgehead atoms.